The Morgan fingerprint density at radius 1 is 1.00 bits per heavy atom. The zero-order valence-corrected chi connectivity index (χ0v) is 18.3. The van der Waals surface area contributed by atoms with Crippen molar-refractivity contribution in [3.05, 3.63) is 60.2 Å². The SMILES string of the molecule is COc1ccccc1C(CNC(=O)C(NC(=O)Nc1ccccc1)C(C)C)N(C)C. The maximum absolute atomic E-state index is 12.9. The van der Waals surface area contributed by atoms with E-state index in [1.165, 1.54) is 0 Å². The molecule has 0 heterocycles. The number of benzene rings is 2. The highest BCUT2D eigenvalue weighted by Crippen LogP contribution is 2.27. The summed E-state index contributed by atoms with van der Waals surface area (Å²) in [7, 11) is 5.54. The lowest BCUT2D eigenvalue weighted by Crippen LogP contribution is -2.52. The van der Waals surface area contributed by atoms with E-state index in [1.807, 2.05) is 75.3 Å². The van der Waals surface area contributed by atoms with Gasteiger partial charge in [0.25, 0.3) is 0 Å². The minimum Gasteiger partial charge on any atom is -0.496 e. The number of carbonyl (C=O) groups is 2. The van der Waals surface area contributed by atoms with Gasteiger partial charge in [0.1, 0.15) is 11.8 Å². The minimum absolute atomic E-state index is 0.0731. The third kappa shape index (κ3) is 6.49. The molecule has 0 aliphatic rings. The molecule has 3 amide bonds. The second-order valence-corrected chi connectivity index (χ2v) is 7.65. The van der Waals surface area contributed by atoms with Crippen molar-refractivity contribution in [2.24, 2.45) is 5.92 Å². The van der Waals surface area contributed by atoms with E-state index < -0.39 is 12.1 Å². The van der Waals surface area contributed by atoms with Gasteiger partial charge in [0.15, 0.2) is 0 Å². The number of hydrogen-bond acceptors (Lipinski definition) is 4. The molecule has 2 atom stereocenters. The number of likely N-dealkylation sites (N-methyl/N-ethyl adjacent to an activating group) is 1. The number of methoxy groups -OCH3 is 1. The maximum atomic E-state index is 12.9. The number of carbonyl (C=O) groups excluding carboxylic acids is 2. The fraction of sp³-hybridized carbons (Fsp3) is 0.391. The van der Waals surface area contributed by atoms with Gasteiger partial charge in [-0.3, -0.25) is 4.79 Å². The predicted molar refractivity (Wildman–Crippen MR) is 120 cm³/mol. The van der Waals surface area contributed by atoms with E-state index >= 15 is 0 Å². The standard InChI is InChI=1S/C23H32N4O3/c1-16(2)21(26-23(29)25-17-11-7-6-8-12-17)22(28)24-15-19(27(3)4)18-13-9-10-14-20(18)30-5/h6-14,16,19,21H,15H2,1-5H3,(H,24,28)(H2,25,26,29). The molecule has 0 saturated heterocycles. The lowest BCUT2D eigenvalue weighted by atomic mass is 10.0. The zero-order chi connectivity index (χ0) is 22.1. The Morgan fingerprint density at radius 3 is 2.23 bits per heavy atom. The molecule has 0 spiro atoms. The van der Waals surface area contributed by atoms with Crippen molar-refractivity contribution in [2.45, 2.75) is 25.9 Å². The van der Waals surface area contributed by atoms with E-state index in [-0.39, 0.29) is 17.9 Å². The molecule has 7 heteroatoms. The van der Waals surface area contributed by atoms with Gasteiger partial charge in [-0.05, 0) is 38.2 Å². The summed E-state index contributed by atoms with van der Waals surface area (Å²) in [6, 6.07) is 15.7. The van der Waals surface area contributed by atoms with Crippen molar-refractivity contribution in [1.82, 2.24) is 15.5 Å². The first-order chi connectivity index (χ1) is 14.3. The highest BCUT2D eigenvalue weighted by Gasteiger charge is 2.26. The van der Waals surface area contributed by atoms with Crippen molar-refractivity contribution < 1.29 is 14.3 Å². The first kappa shape index (κ1) is 23.2. The summed E-state index contributed by atoms with van der Waals surface area (Å²) in [5, 5.41) is 8.52. The number of urea groups is 1. The first-order valence-electron chi connectivity index (χ1n) is 10.0. The third-order valence-electron chi connectivity index (χ3n) is 4.86. The van der Waals surface area contributed by atoms with Crippen LogP contribution in [0.2, 0.25) is 0 Å². The van der Waals surface area contributed by atoms with Crippen molar-refractivity contribution in [3.63, 3.8) is 0 Å². The molecule has 0 aliphatic heterocycles. The summed E-state index contributed by atoms with van der Waals surface area (Å²) in [5.74, 6) is 0.469. The number of nitrogens with one attached hydrogen (secondary N) is 3. The molecule has 162 valence electrons. The quantitative estimate of drug-likeness (QED) is 0.590. The number of rotatable bonds is 9. The summed E-state index contributed by atoms with van der Waals surface area (Å²) in [4.78, 5) is 27.3. The second-order valence-electron chi connectivity index (χ2n) is 7.65. The molecule has 2 aromatic carbocycles. The topological polar surface area (TPSA) is 82.7 Å². The smallest absolute Gasteiger partial charge is 0.319 e. The lowest BCUT2D eigenvalue weighted by Gasteiger charge is -2.28. The Balaban J connectivity index is 2.03. The van der Waals surface area contributed by atoms with Crippen molar-refractivity contribution in [1.29, 1.82) is 0 Å². The van der Waals surface area contributed by atoms with Crippen molar-refractivity contribution in [3.8, 4) is 5.75 Å². The van der Waals surface area contributed by atoms with Crippen LogP contribution in [0.4, 0.5) is 10.5 Å². The summed E-state index contributed by atoms with van der Waals surface area (Å²) in [5.41, 5.74) is 1.66. The van der Waals surface area contributed by atoms with Gasteiger partial charge < -0.3 is 25.6 Å². The fourth-order valence-corrected chi connectivity index (χ4v) is 3.18. The van der Waals surface area contributed by atoms with Crippen molar-refractivity contribution in [2.75, 3.05) is 33.1 Å². The van der Waals surface area contributed by atoms with Crippen LogP contribution in [0, 0.1) is 5.92 Å². The lowest BCUT2D eigenvalue weighted by molar-refractivity contribution is -0.124. The minimum atomic E-state index is -0.658. The summed E-state index contributed by atoms with van der Waals surface area (Å²) in [6.07, 6.45) is 0. The molecule has 0 fully saturated rings. The molecule has 2 aromatic rings. The van der Waals surface area contributed by atoms with Crippen LogP contribution in [0.1, 0.15) is 25.5 Å². The van der Waals surface area contributed by atoms with Crippen LogP contribution >= 0.6 is 0 Å². The first-order valence-corrected chi connectivity index (χ1v) is 10.0. The fourth-order valence-electron chi connectivity index (χ4n) is 3.18. The van der Waals surface area contributed by atoms with E-state index in [4.69, 9.17) is 4.74 Å². The highest BCUT2D eigenvalue weighted by atomic mass is 16.5. The van der Waals surface area contributed by atoms with E-state index in [0.717, 1.165) is 11.3 Å². The molecule has 3 N–H and O–H groups in total. The van der Waals surface area contributed by atoms with Crippen LogP contribution in [0.5, 0.6) is 5.75 Å². The number of anilines is 1. The summed E-state index contributed by atoms with van der Waals surface area (Å²) in [6.45, 7) is 4.19. The molecule has 0 aliphatic carbocycles. The molecule has 2 unspecified atom stereocenters. The monoisotopic (exact) mass is 412 g/mol. The van der Waals surface area contributed by atoms with E-state index in [1.54, 1.807) is 19.2 Å². The number of nitrogens with zero attached hydrogens (tertiary/aromatic N) is 1. The molecule has 0 bridgehead atoms. The largest absolute Gasteiger partial charge is 0.496 e. The van der Waals surface area contributed by atoms with Gasteiger partial charge in [0.2, 0.25) is 5.91 Å². The molecule has 0 aromatic heterocycles. The normalized spacial score (nSPS) is 12.9. The van der Waals surface area contributed by atoms with Gasteiger partial charge >= 0.3 is 6.03 Å². The Bertz CT molecular complexity index is 824. The van der Waals surface area contributed by atoms with Crippen LogP contribution in [0.25, 0.3) is 0 Å². The van der Waals surface area contributed by atoms with Crippen LogP contribution < -0.4 is 20.7 Å². The van der Waals surface area contributed by atoms with Gasteiger partial charge in [-0.25, -0.2) is 4.79 Å². The average molecular weight is 413 g/mol. The third-order valence-corrected chi connectivity index (χ3v) is 4.86. The Kier molecular flexibility index (Phi) is 8.68. The van der Waals surface area contributed by atoms with Gasteiger partial charge in [-0.1, -0.05) is 50.2 Å². The van der Waals surface area contributed by atoms with Gasteiger partial charge in [-0.15, -0.1) is 0 Å². The second kappa shape index (κ2) is 11.2. The van der Waals surface area contributed by atoms with E-state index in [9.17, 15) is 9.59 Å². The Hall–Kier alpha value is -3.06. The van der Waals surface area contributed by atoms with E-state index in [0.29, 0.717) is 12.2 Å². The molecule has 30 heavy (non-hydrogen) atoms. The van der Waals surface area contributed by atoms with Gasteiger partial charge in [0.05, 0.1) is 13.2 Å². The van der Waals surface area contributed by atoms with Crippen LogP contribution in [0.3, 0.4) is 0 Å². The molecule has 7 nitrogen and oxygen atoms in total. The molecular weight excluding hydrogens is 380 g/mol. The van der Waals surface area contributed by atoms with Crippen LogP contribution in [-0.4, -0.2) is 50.6 Å². The molecule has 2 rings (SSSR count). The molecule has 0 saturated carbocycles. The maximum Gasteiger partial charge on any atom is 0.319 e. The van der Waals surface area contributed by atoms with Gasteiger partial charge in [0, 0.05) is 17.8 Å². The molecular formula is C23H32N4O3. The molecule has 0 radical (unpaired) electrons. The van der Waals surface area contributed by atoms with Gasteiger partial charge in [-0.2, -0.15) is 0 Å². The Morgan fingerprint density at radius 2 is 1.63 bits per heavy atom. The number of hydrogen-bond donors (Lipinski definition) is 3. The highest BCUT2D eigenvalue weighted by molar-refractivity contribution is 5.93. The average Bonchev–Trinajstić information content (AvgIpc) is 2.72. The summed E-state index contributed by atoms with van der Waals surface area (Å²) >= 11 is 0. The van der Waals surface area contributed by atoms with E-state index in [2.05, 4.69) is 16.0 Å². The number of amides is 3. The zero-order valence-electron chi connectivity index (χ0n) is 18.3. The van der Waals surface area contributed by atoms with Crippen LogP contribution in [0.15, 0.2) is 54.6 Å². The van der Waals surface area contributed by atoms with Crippen molar-refractivity contribution >= 4 is 17.6 Å². The predicted octanol–water partition coefficient (Wildman–Crippen LogP) is 3.26. The Labute approximate surface area is 178 Å². The van der Waals surface area contributed by atoms with Crippen LogP contribution in [-0.2, 0) is 4.79 Å². The number of ether oxygens (including phenoxy) is 1. The summed E-state index contributed by atoms with van der Waals surface area (Å²) < 4.78 is 5.47. The number of para-hydroxylation sites is 2.